The molecule has 0 bridgehead atoms. The van der Waals surface area contributed by atoms with Gasteiger partial charge < -0.3 is 40.9 Å². The highest BCUT2D eigenvalue weighted by molar-refractivity contribution is 5.73. The molecular weight excluding hydrogens is 712 g/mol. The first kappa shape index (κ1) is 51.5. The van der Waals surface area contributed by atoms with Gasteiger partial charge in [0.25, 0.3) is 0 Å². The summed E-state index contributed by atoms with van der Waals surface area (Å²) in [5, 5.41) is 77.6. The van der Waals surface area contributed by atoms with Gasteiger partial charge in [-0.25, -0.2) is 0 Å². The molecule has 318 valence electrons. The maximum Gasteiger partial charge on any atom is 0.317 e. The quantitative estimate of drug-likeness (QED) is 0.103. The summed E-state index contributed by atoms with van der Waals surface area (Å²) in [6, 6.07) is 0. The second-order valence-corrected chi connectivity index (χ2v) is 18.1. The molecule has 0 aromatic carbocycles. The molecule has 0 radical (unpaired) electrons. The zero-order valence-electron chi connectivity index (χ0n) is 34.5. The summed E-state index contributed by atoms with van der Waals surface area (Å²) in [6.07, 6.45) is 2.15. The highest BCUT2D eigenvalue weighted by Gasteiger charge is 2.47. The van der Waals surface area contributed by atoms with Gasteiger partial charge in [-0.05, 0) is 109 Å². The van der Waals surface area contributed by atoms with Crippen molar-refractivity contribution in [3.63, 3.8) is 0 Å². The number of nitrogens with zero attached hydrogens (tertiary/aromatic N) is 4. The van der Waals surface area contributed by atoms with Crippen molar-refractivity contribution < 1.29 is 69.7 Å². The number of carbonyl (C=O) groups is 4. The lowest BCUT2D eigenvalue weighted by atomic mass is 9.80. The average molecular weight is 783 g/mol. The summed E-state index contributed by atoms with van der Waals surface area (Å²) in [5.41, 5.74) is -2.61. The third-order valence-electron chi connectivity index (χ3n) is 8.40. The van der Waals surface area contributed by atoms with Gasteiger partial charge >= 0.3 is 23.9 Å². The minimum absolute atomic E-state index is 0.0703. The normalized spacial score (nSPS) is 20.4. The Labute approximate surface area is 320 Å². The zero-order chi connectivity index (χ0) is 42.7. The first-order valence-corrected chi connectivity index (χ1v) is 18.1. The topological polar surface area (TPSA) is 262 Å². The molecule has 0 aromatic heterocycles. The van der Waals surface area contributed by atoms with E-state index in [9.17, 15) is 39.6 Å². The number of aliphatic carboxylic acids is 4. The summed E-state index contributed by atoms with van der Waals surface area (Å²) < 4.78 is 0. The smallest absolute Gasteiger partial charge is 0.317 e. The molecule has 18 nitrogen and oxygen atoms in total. The van der Waals surface area contributed by atoms with Crippen molar-refractivity contribution in [2.75, 3.05) is 52.5 Å². The summed E-state index contributed by atoms with van der Waals surface area (Å²) in [4.78, 5) is 56.0. The van der Waals surface area contributed by atoms with Gasteiger partial charge in [0, 0.05) is 35.2 Å². The Morgan fingerprint density at radius 3 is 0.907 bits per heavy atom. The van der Waals surface area contributed by atoms with Crippen molar-refractivity contribution in [3.8, 4) is 0 Å². The van der Waals surface area contributed by atoms with Crippen molar-refractivity contribution in [1.82, 2.24) is 19.9 Å². The van der Waals surface area contributed by atoms with E-state index < -0.39 is 61.3 Å². The molecule has 2 heterocycles. The molecule has 8 N–H and O–H groups in total. The van der Waals surface area contributed by atoms with E-state index in [0.717, 1.165) is 9.80 Å². The number of aliphatic hydroxyl groups excluding tert-OH is 2. The fourth-order valence-electron chi connectivity index (χ4n) is 7.04. The van der Waals surface area contributed by atoms with Crippen LogP contribution >= 0.6 is 0 Å². The third kappa shape index (κ3) is 21.0. The molecule has 18 heteroatoms. The van der Waals surface area contributed by atoms with Crippen LogP contribution in [-0.2, 0) is 28.9 Å². The molecule has 2 fully saturated rings. The predicted octanol–water partition coefficient (Wildman–Crippen LogP) is 1.33. The Morgan fingerprint density at radius 2 is 0.741 bits per heavy atom. The molecule has 0 aromatic rings. The number of hydroxylamine groups is 4. The highest BCUT2D eigenvalue weighted by atomic mass is 16.7. The van der Waals surface area contributed by atoms with Crippen molar-refractivity contribution in [1.29, 1.82) is 0 Å². The zero-order valence-corrected chi connectivity index (χ0v) is 34.5. The van der Waals surface area contributed by atoms with E-state index in [2.05, 4.69) is 55.4 Å². The predicted molar refractivity (Wildman–Crippen MR) is 198 cm³/mol. The Kier molecular flexibility index (Phi) is 19.6. The number of piperidine rings is 2. The number of carboxylic acid groups (broad SMARTS) is 4. The lowest BCUT2D eigenvalue weighted by molar-refractivity contribution is -0.306. The van der Waals surface area contributed by atoms with Crippen LogP contribution in [0.2, 0.25) is 0 Å². The Morgan fingerprint density at radius 1 is 0.537 bits per heavy atom. The molecule has 0 amide bonds. The molecule has 2 aliphatic rings. The van der Waals surface area contributed by atoms with Gasteiger partial charge in [-0.3, -0.25) is 38.7 Å². The molecule has 0 aliphatic carbocycles. The molecule has 2 saturated heterocycles. The standard InChI is InChI=1S/2C13H27NO3.C10H16N2O8/c2*1-11(2)7-10(15)8-12(3,4)14(11)17-9-13(5,6)16;13-7(14)3-11(4-8(15)16)1-2-12(5-9(17)18)6-10(19)20/h2*10,15-16H,7-9H2,1-6H3;1-6H2,(H,13,14)(H,15,16)(H,17,18)(H,19,20). The van der Waals surface area contributed by atoms with Gasteiger partial charge in [-0.1, -0.05) is 0 Å². The van der Waals surface area contributed by atoms with Crippen LogP contribution in [0.3, 0.4) is 0 Å². The van der Waals surface area contributed by atoms with Gasteiger partial charge in [0.2, 0.25) is 0 Å². The molecule has 0 unspecified atom stereocenters. The molecule has 2 rings (SSSR count). The number of hydrogen-bond donors (Lipinski definition) is 8. The first-order valence-electron chi connectivity index (χ1n) is 18.1. The second kappa shape index (κ2) is 20.6. The molecule has 0 saturated carbocycles. The number of aliphatic hydroxyl groups is 4. The van der Waals surface area contributed by atoms with Crippen LogP contribution in [0.15, 0.2) is 0 Å². The van der Waals surface area contributed by atoms with Crippen LogP contribution < -0.4 is 0 Å². The monoisotopic (exact) mass is 782 g/mol. The Hall–Kier alpha value is -2.52. The fourth-order valence-corrected chi connectivity index (χ4v) is 7.04. The number of carboxylic acids is 4. The van der Waals surface area contributed by atoms with Gasteiger partial charge in [0.15, 0.2) is 0 Å². The van der Waals surface area contributed by atoms with E-state index >= 15 is 0 Å². The van der Waals surface area contributed by atoms with Gasteiger partial charge in [0.05, 0.1) is 62.8 Å². The largest absolute Gasteiger partial charge is 0.480 e. The van der Waals surface area contributed by atoms with E-state index in [-0.39, 0.29) is 60.7 Å². The molecule has 0 spiro atoms. The van der Waals surface area contributed by atoms with Crippen LogP contribution in [0.5, 0.6) is 0 Å². The van der Waals surface area contributed by atoms with Crippen molar-refractivity contribution in [3.05, 3.63) is 0 Å². The summed E-state index contributed by atoms with van der Waals surface area (Å²) >= 11 is 0. The average Bonchev–Trinajstić information content (AvgIpc) is 2.86. The van der Waals surface area contributed by atoms with Crippen LogP contribution in [-0.4, -0.2) is 183 Å². The van der Waals surface area contributed by atoms with Crippen LogP contribution in [0.4, 0.5) is 0 Å². The lowest BCUT2D eigenvalue weighted by Gasteiger charge is -2.53. The van der Waals surface area contributed by atoms with E-state index in [1.165, 1.54) is 0 Å². The minimum Gasteiger partial charge on any atom is -0.480 e. The SMILES string of the molecule is CC(C)(O)CON1C(C)(C)CC(O)CC1(C)C.CC(C)(O)CON1C(C)(C)CC(O)CC1(C)C.O=C(O)CN(CCN(CC(=O)O)CC(=O)O)CC(=O)O. The van der Waals surface area contributed by atoms with Crippen LogP contribution in [0.25, 0.3) is 0 Å². The third-order valence-corrected chi connectivity index (χ3v) is 8.40. The maximum atomic E-state index is 10.6. The molecule has 2 aliphatic heterocycles. The van der Waals surface area contributed by atoms with Crippen molar-refractivity contribution >= 4 is 23.9 Å². The summed E-state index contributed by atoms with van der Waals surface area (Å²) in [6.45, 7) is 21.6. The summed E-state index contributed by atoms with van der Waals surface area (Å²) in [7, 11) is 0. The van der Waals surface area contributed by atoms with E-state index in [1.807, 2.05) is 10.1 Å². The molecular formula is C36H70N4O14. The van der Waals surface area contributed by atoms with Crippen molar-refractivity contribution in [2.24, 2.45) is 0 Å². The molecule has 0 atom stereocenters. The first-order chi connectivity index (χ1) is 24.1. The van der Waals surface area contributed by atoms with Crippen molar-refractivity contribution in [2.45, 2.75) is 154 Å². The fraction of sp³-hybridized carbons (Fsp3) is 0.889. The van der Waals surface area contributed by atoms with Crippen LogP contribution in [0.1, 0.15) is 109 Å². The van der Waals surface area contributed by atoms with E-state index in [1.54, 1.807) is 27.7 Å². The minimum atomic E-state index is -1.23. The van der Waals surface area contributed by atoms with Gasteiger partial charge in [-0.2, -0.15) is 10.1 Å². The summed E-state index contributed by atoms with van der Waals surface area (Å²) in [5.74, 6) is -4.91. The van der Waals surface area contributed by atoms with Gasteiger partial charge in [0.1, 0.15) is 0 Å². The number of rotatable bonds is 17. The lowest BCUT2D eigenvalue weighted by Crippen LogP contribution is -2.62. The Bertz CT molecular complexity index is 1050. The Balaban J connectivity index is 0.000000783. The van der Waals surface area contributed by atoms with E-state index in [4.69, 9.17) is 30.1 Å². The van der Waals surface area contributed by atoms with Gasteiger partial charge in [-0.15, -0.1) is 0 Å². The number of hydrogen-bond acceptors (Lipinski definition) is 14. The highest BCUT2D eigenvalue weighted by Crippen LogP contribution is 2.40. The van der Waals surface area contributed by atoms with E-state index in [0.29, 0.717) is 25.7 Å². The maximum absolute atomic E-state index is 10.6. The second-order valence-electron chi connectivity index (χ2n) is 18.1. The van der Waals surface area contributed by atoms with Crippen LogP contribution in [0, 0.1) is 0 Å². The molecule has 54 heavy (non-hydrogen) atoms.